The van der Waals surface area contributed by atoms with E-state index in [1.807, 2.05) is 18.2 Å². The second kappa shape index (κ2) is 6.18. The summed E-state index contributed by atoms with van der Waals surface area (Å²) in [7, 11) is 0. The van der Waals surface area contributed by atoms with Gasteiger partial charge >= 0.3 is 0 Å². The minimum Gasteiger partial charge on any atom is -0.455 e. The van der Waals surface area contributed by atoms with Crippen molar-refractivity contribution in [1.29, 1.82) is 0 Å². The molecule has 5 aromatic rings. The van der Waals surface area contributed by atoms with E-state index in [0.717, 1.165) is 32.9 Å². The van der Waals surface area contributed by atoms with Gasteiger partial charge in [-0.2, -0.15) is 0 Å². The third kappa shape index (κ3) is 2.43. The van der Waals surface area contributed by atoms with Crippen molar-refractivity contribution < 1.29 is 9.90 Å². The number of benzene rings is 2. The first kappa shape index (κ1) is 13.5. The van der Waals surface area contributed by atoms with E-state index in [2.05, 4.69) is 31.0 Å². The molecule has 3 aromatic heterocycles. The molecule has 0 aliphatic rings. The van der Waals surface area contributed by atoms with E-state index in [1.165, 1.54) is 21.3 Å². The van der Waals surface area contributed by atoms with Crippen LogP contribution in [-0.2, 0) is 0 Å². The summed E-state index contributed by atoms with van der Waals surface area (Å²) in [5.74, 6) is -1.08. The van der Waals surface area contributed by atoms with Gasteiger partial charge < -0.3 is 4.42 Å². The van der Waals surface area contributed by atoms with Crippen LogP contribution in [0.3, 0.4) is 0 Å². The first-order valence-electron chi connectivity index (χ1n) is 11.3. The molecule has 0 unspecified atom stereocenters. The van der Waals surface area contributed by atoms with Gasteiger partial charge in [0.15, 0.2) is 0 Å². The fourth-order valence-corrected chi connectivity index (χ4v) is 4.99. The highest BCUT2D eigenvalue weighted by Crippen LogP contribution is 2.42. The van der Waals surface area contributed by atoms with E-state index in [9.17, 15) is 0 Å². The van der Waals surface area contributed by atoms with Crippen molar-refractivity contribution >= 4 is 43.4 Å². The van der Waals surface area contributed by atoms with Gasteiger partial charge in [-0.15, -0.1) is 11.3 Å². The molecule has 0 saturated heterocycles. The molecule has 0 radical (unpaired) electrons. The minimum atomic E-state index is -2.33. The van der Waals surface area contributed by atoms with Gasteiger partial charge in [-0.05, 0) is 67.5 Å². The number of hydrogen-bond donors (Lipinski definition) is 0. The Bertz CT molecular complexity index is 1520. The van der Waals surface area contributed by atoms with Gasteiger partial charge in [0, 0.05) is 43.0 Å². The third-order valence-corrected chi connectivity index (χ3v) is 6.69. The molecule has 0 amide bonds. The zero-order valence-electron chi connectivity index (χ0n) is 20.3. The lowest BCUT2D eigenvalue weighted by Crippen LogP contribution is -1.95. The standard InChI is InChI=1S/C25H23NOS/c1-13(2)20-11-21(26-12-14(20)3)19-8-6-7-17-18-9-10-22-23(15(4)16(5)28-22)25(18)27-24(17)19/h6-13H,1-5H3/i3D3,13D. The molecule has 0 N–H and O–H groups in total. The van der Waals surface area contributed by atoms with Crippen molar-refractivity contribution in [2.45, 2.75) is 40.4 Å². The molecule has 3 heterocycles. The average Bonchev–Trinajstić information content (AvgIpc) is 3.23. The number of rotatable bonds is 2. The monoisotopic (exact) mass is 389 g/mol. The number of hydrogen-bond acceptors (Lipinski definition) is 3. The van der Waals surface area contributed by atoms with Crippen molar-refractivity contribution in [3.8, 4) is 11.3 Å². The zero-order chi connectivity index (χ0) is 23.0. The predicted molar refractivity (Wildman–Crippen MR) is 121 cm³/mol. The van der Waals surface area contributed by atoms with Crippen LogP contribution in [0, 0.1) is 20.7 Å². The molecule has 5 rings (SSSR count). The summed E-state index contributed by atoms with van der Waals surface area (Å²) in [6.07, 6.45) is 1.39. The molecule has 0 saturated carbocycles. The van der Waals surface area contributed by atoms with Crippen LogP contribution >= 0.6 is 11.3 Å². The van der Waals surface area contributed by atoms with Crippen LogP contribution in [0.2, 0.25) is 0 Å². The van der Waals surface area contributed by atoms with Crippen molar-refractivity contribution in [2.75, 3.05) is 0 Å². The van der Waals surface area contributed by atoms with Gasteiger partial charge in [0.1, 0.15) is 11.2 Å². The van der Waals surface area contributed by atoms with E-state index in [0.29, 0.717) is 11.3 Å². The normalized spacial score (nSPS) is 15.0. The number of nitrogens with zero attached hydrogens (tertiary/aromatic N) is 1. The highest BCUT2D eigenvalue weighted by atomic mass is 32.1. The van der Waals surface area contributed by atoms with Crippen LogP contribution in [-0.4, -0.2) is 4.98 Å². The molecule has 2 nitrogen and oxygen atoms in total. The molecule has 0 atom stereocenters. The Morgan fingerprint density at radius 1 is 1.11 bits per heavy atom. The number of furan rings is 1. The lowest BCUT2D eigenvalue weighted by atomic mass is 9.97. The highest BCUT2D eigenvalue weighted by Gasteiger charge is 2.18. The molecule has 2 aromatic carbocycles. The zero-order valence-corrected chi connectivity index (χ0v) is 17.1. The van der Waals surface area contributed by atoms with Crippen molar-refractivity contribution in [2.24, 2.45) is 0 Å². The Balaban J connectivity index is 1.82. The van der Waals surface area contributed by atoms with Crippen LogP contribution in [0.1, 0.15) is 46.8 Å². The van der Waals surface area contributed by atoms with Crippen LogP contribution in [0.15, 0.2) is 47.0 Å². The third-order valence-electron chi connectivity index (χ3n) is 5.51. The number of thiophene rings is 1. The molecular formula is C25H23NOS. The van der Waals surface area contributed by atoms with Gasteiger partial charge in [-0.1, -0.05) is 26.0 Å². The minimum absolute atomic E-state index is 0.115. The summed E-state index contributed by atoms with van der Waals surface area (Å²) in [6.45, 7) is 5.31. The smallest absolute Gasteiger partial charge is 0.144 e. The van der Waals surface area contributed by atoms with E-state index >= 15 is 0 Å². The molecule has 0 aliphatic carbocycles. The molecule has 0 bridgehead atoms. The lowest BCUT2D eigenvalue weighted by Gasteiger charge is -2.11. The van der Waals surface area contributed by atoms with Crippen LogP contribution in [0.5, 0.6) is 0 Å². The van der Waals surface area contributed by atoms with Gasteiger partial charge in [0.25, 0.3) is 0 Å². The fourth-order valence-electron chi connectivity index (χ4n) is 3.92. The Kier molecular flexibility index (Phi) is 2.98. The maximum atomic E-state index is 8.52. The Morgan fingerprint density at radius 3 is 2.71 bits per heavy atom. The maximum Gasteiger partial charge on any atom is 0.144 e. The first-order valence-corrected chi connectivity index (χ1v) is 10.1. The molecule has 28 heavy (non-hydrogen) atoms. The molecule has 3 heteroatoms. The number of para-hydroxylation sites is 1. The predicted octanol–water partition coefficient (Wildman–Crippen LogP) is 7.91. The van der Waals surface area contributed by atoms with Crippen molar-refractivity contribution in [3.63, 3.8) is 0 Å². The average molecular weight is 390 g/mol. The molecule has 140 valence electrons. The summed E-state index contributed by atoms with van der Waals surface area (Å²) >= 11 is 1.77. The Morgan fingerprint density at radius 2 is 1.93 bits per heavy atom. The number of pyridine rings is 1. The van der Waals surface area contributed by atoms with Crippen LogP contribution in [0.4, 0.5) is 0 Å². The van der Waals surface area contributed by atoms with Crippen molar-refractivity contribution in [3.05, 3.63) is 64.2 Å². The lowest BCUT2D eigenvalue weighted by molar-refractivity contribution is 0.673. The Hall–Kier alpha value is -2.65. The summed E-state index contributed by atoms with van der Waals surface area (Å²) in [5.41, 5.74) is 4.78. The second-order valence-corrected chi connectivity index (χ2v) is 8.75. The van der Waals surface area contributed by atoms with Gasteiger partial charge in [-0.3, -0.25) is 4.98 Å². The van der Waals surface area contributed by atoms with E-state index < -0.39 is 12.7 Å². The largest absolute Gasteiger partial charge is 0.455 e. The number of aromatic nitrogens is 1. The molecule has 0 aliphatic heterocycles. The SMILES string of the molecule is [2H]C([2H])([2H])c1cnc(-c2cccc3c2oc2c3ccc3sc(C)c(C)c32)cc1C([2H])(C)C. The van der Waals surface area contributed by atoms with Gasteiger partial charge in [0.05, 0.1) is 5.69 Å². The summed E-state index contributed by atoms with van der Waals surface area (Å²) in [6, 6.07) is 11.9. The van der Waals surface area contributed by atoms with Crippen LogP contribution < -0.4 is 0 Å². The number of fused-ring (bicyclic) bond motifs is 5. The van der Waals surface area contributed by atoms with Gasteiger partial charge in [-0.25, -0.2) is 0 Å². The highest BCUT2D eigenvalue weighted by molar-refractivity contribution is 7.19. The first-order chi connectivity index (χ1) is 15.0. The maximum absolute atomic E-state index is 8.52. The molecule has 0 spiro atoms. The van der Waals surface area contributed by atoms with Gasteiger partial charge in [0.2, 0.25) is 0 Å². The van der Waals surface area contributed by atoms with Crippen molar-refractivity contribution in [1.82, 2.24) is 4.98 Å². The topological polar surface area (TPSA) is 26.0 Å². The number of aryl methyl sites for hydroxylation is 3. The van der Waals surface area contributed by atoms with Crippen LogP contribution in [0.25, 0.3) is 43.3 Å². The summed E-state index contributed by atoms with van der Waals surface area (Å²) in [5, 5.41) is 3.19. The summed E-state index contributed by atoms with van der Waals surface area (Å²) in [4.78, 5) is 5.77. The van der Waals surface area contributed by atoms with E-state index in [1.54, 1.807) is 31.3 Å². The van der Waals surface area contributed by atoms with E-state index in [4.69, 9.17) is 9.90 Å². The fraction of sp³-hybridized carbons (Fsp3) is 0.240. The quantitative estimate of drug-likeness (QED) is 0.306. The Labute approximate surface area is 174 Å². The molecule has 0 fully saturated rings. The summed E-state index contributed by atoms with van der Waals surface area (Å²) < 4.78 is 39.8. The molecular weight excluding hydrogens is 362 g/mol. The van der Waals surface area contributed by atoms with E-state index in [-0.39, 0.29) is 5.56 Å². The second-order valence-electron chi connectivity index (χ2n) is 7.50.